The van der Waals surface area contributed by atoms with Gasteiger partial charge in [-0.25, -0.2) is 13.8 Å². The fraction of sp³-hybridized carbons (Fsp3) is 0.231. The molecule has 1 aliphatic rings. The summed E-state index contributed by atoms with van der Waals surface area (Å²) in [6, 6.07) is 10.3. The summed E-state index contributed by atoms with van der Waals surface area (Å²) in [5.74, 6) is -3.37. The second-order valence-electron chi connectivity index (χ2n) is 8.47. The summed E-state index contributed by atoms with van der Waals surface area (Å²) in [5, 5.41) is 3.55. The van der Waals surface area contributed by atoms with Gasteiger partial charge in [-0.1, -0.05) is 47.2 Å². The monoisotopic (exact) mass is 510 g/mol. The van der Waals surface area contributed by atoms with Crippen LogP contribution in [0, 0.1) is 18.6 Å². The molecule has 0 unspecified atom stereocenters. The molecular formula is C26H24F2N4O3S. The molecule has 0 bridgehead atoms. The number of piperidine rings is 1. The van der Waals surface area contributed by atoms with Crippen LogP contribution in [0.2, 0.25) is 0 Å². The number of benzene rings is 2. The molecule has 0 aliphatic carbocycles. The first-order chi connectivity index (χ1) is 17.2. The minimum Gasteiger partial charge on any atom is -0.382 e. The van der Waals surface area contributed by atoms with Crippen LogP contribution in [0.4, 0.5) is 19.7 Å². The molecule has 7 nitrogen and oxygen atoms in total. The summed E-state index contributed by atoms with van der Waals surface area (Å²) in [4.78, 5) is 43.2. The van der Waals surface area contributed by atoms with E-state index < -0.39 is 23.0 Å². The lowest BCUT2D eigenvalue weighted by Crippen LogP contribution is -2.41. The largest absolute Gasteiger partial charge is 0.382 e. The number of hydrogen-bond acceptors (Lipinski definition) is 7. The van der Waals surface area contributed by atoms with Gasteiger partial charge in [0.05, 0.1) is 5.56 Å². The summed E-state index contributed by atoms with van der Waals surface area (Å²) >= 11 is 0.931. The second kappa shape index (κ2) is 10.8. The number of aryl methyl sites for hydroxylation is 1. The van der Waals surface area contributed by atoms with Crippen molar-refractivity contribution in [2.45, 2.75) is 25.8 Å². The summed E-state index contributed by atoms with van der Waals surface area (Å²) < 4.78 is 28.0. The Morgan fingerprint density at radius 3 is 2.33 bits per heavy atom. The van der Waals surface area contributed by atoms with Gasteiger partial charge in [0.2, 0.25) is 11.7 Å². The summed E-state index contributed by atoms with van der Waals surface area (Å²) in [5.41, 5.74) is 6.76. The van der Waals surface area contributed by atoms with Crippen molar-refractivity contribution in [1.82, 2.24) is 9.88 Å². The molecule has 4 rings (SSSR count). The zero-order valence-corrected chi connectivity index (χ0v) is 20.3. The second-order valence-corrected chi connectivity index (χ2v) is 9.47. The number of ketones is 2. The molecule has 0 atom stereocenters. The van der Waals surface area contributed by atoms with E-state index in [-0.39, 0.29) is 28.4 Å². The number of amides is 1. The molecular weight excluding hydrogens is 486 g/mol. The zero-order chi connectivity index (χ0) is 25.8. The molecule has 1 amide bonds. The zero-order valence-electron chi connectivity index (χ0n) is 19.5. The van der Waals surface area contributed by atoms with Crippen molar-refractivity contribution in [3.63, 3.8) is 0 Å². The van der Waals surface area contributed by atoms with E-state index in [1.165, 1.54) is 18.2 Å². The molecule has 2 heterocycles. The van der Waals surface area contributed by atoms with Crippen molar-refractivity contribution in [1.29, 1.82) is 0 Å². The molecule has 0 radical (unpaired) electrons. The van der Waals surface area contributed by atoms with Crippen molar-refractivity contribution < 1.29 is 23.2 Å². The minimum absolute atomic E-state index is 0.0362. The predicted octanol–water partition coefficient (Wildman–Crippen LogP) is 4.38. The van der Waals surface area contributed by atoms with Crippen LogP contribution in [-0.2, 0) is 4.79 Å². The number of halogens is 2. The van der Waals surface area contributed by atoms with E-state index in [9.17, 15) is 23.2 Å². The molecule has 10 heteroatoms. The topological polar surface area (TPSA) is 105 Å². The highest BCUT2D eigenvalue weighted by Gasteiger charge is 2.26. The van der Waals surface area contributed by atoms with Crippen LogP contribution in [0.3, 0.4) is 0 Å². The number of nitrogen functional groups attached to an aromatic ring is 1. The fourth-order valence-corrected chi connectivity index (χ4v) is 4.78. The number of allylic oxidation sites excluding steroid dienone is 1. The van der Waals surface area contributed by atoms with Crippen molar-refractivity contribution in [3.8, 4) is 0 Å². The highest BCUT2D eigenvalue weighted by Crippen LogP contribution is 2.30. The predicted molar refractivity (Wildman–Crippen MR) is 134 cm³/mol. The van der Waals surface area contributed by atoms with Crippen molar-refractivity contribution >= 4 is 39.8 Å². The van der Waals surface area contributed by atoms with Crippen LogP contribution >= 0.6 is 11.3 Å². The van der Waals surface area contributed by atoms with E-state index in [0.717, 1.165) is 29.0 Å². The maximum atomic E-state index is 14.0. The molecule has 1 aromatic heterocycles. The number of hydrogen-bond donors (Lipinski definition) is 2. The highest BCUT2D eigenvalue weighted by molar-refractivity contribution is 7.18. The number of anilines is 2. The fourth-order valence-electron chi connectivity index (χ4n) is 3.87. The summed E-state index contributed by atoms with van der Waals surface area (Å²) in [7, 11) is 0. The first-order valence-corrected chi connectivity index (χ1v) is 12.1. The number of nitrogens with one attached hydrogen (secondary N) is 1. The quantitative estimate of drug-likeness (QED) is 0.361. The van der Waals surface area contributed by atoms with Crippen LogP contribution in [-0.4, -0.2) is 46.5 Å². The number of aromatic nitrogens is 1. The van der Waals surface area contributed by atoms with Crippen LogP contribution in [0.25, 0.3) is 0 Å². The van der Waals surface area contributed by atoms with Crippen molar-refractivity contribution in [2.75, 3.05) is 24.1 Å². The first-order valence-electron chi connectivity index (χ1n) is 11.3. The molecule has 3 N–H and O–H groups in total. The van der Waals surface area contributed by atoms with E-state index in [0.29, 0.717) is 36.6 Å². The van der Waals surface area contributed by atoms with Gasteiger partial charge >= 0.3 is 0 Å². The average molecular weight is 511 g/mol. The number of likely N-dealkylation sites (tertiary alicyclic amines) is 1. The van der Waals surface area contributed by atoms with Gasteiger partial charge < -0.3 is 16.0 Å². The van der Waals surface area contributed by atoms with Gasteiger partial charge in [0.1, 0.15) is 22.3 Å². The van der Waals surface area contributed by atoms with Crippen molar-refractivity contribution in [2.24, 2.45) is 0 Å². The molecule has 36 heavy (non-hydrogen) atoms. The molecule has 1 saturated heterocycles. The third-order valence-corrected chi connectivity index (χ3v) is 6.90. The summed E-state index contributed by atoms with van der Waals surface area (Å²) in [6.07, 6.45) is 3.79. The standard InChI is InChI=1S/C26H24F2N4O3S/c1-15-5-7-16(8-6-15)20(33)9-10-21(34)32-13-11-17(12-14-32)30-26-31-25(29)24(36-26)23(35)22-18(27)3-2-4-19(22)28/h2-10,17H,11-14,29H2,1H3,(H,30,31). The lowest BCUT2D eigenvalue weighted by atomic mass is 10.0. The number of nitrogens with two attached hydrogens (primary N) is 1. The Bertz CT molecular complexity index is 1310. The molecule has 1 aliphatic heterocycles. The van der Waals surface area contributed by atoms with Crippen LogP contribution in [0.5, 0.6) is 0 Å². The van der Waals surface area contributed by atoms with E-state index in [1.807, 2.05) is 19.1 Å². The SMILES string of the molecule is Cc1ccc(C(=O)C=CC(=O)N2CCC(Nc3nc(N)c(C(=O)c4c(F)cccc4F)s3)CC2)cc1. The van der Waals surface area contributed by atoms with Crippen LogP contribution in [0.15, 0.2) is 54.6 Å². The number of rotatable bonds is 7. The molecule has 3 aromatic rings. The van der Waals surface area contributed by atoms with Gasteiger partial charge in [-0.15, -0.1) is 0 Å². The van der Waals surface area contributed by atoms with E-state index in [2.05, 4.69) is 10.3 Å². The Hall–Kier alpha value is -3.92. The summed E-state index contributed by atoms with van der Waals surface area (Å²) in [6.45, 7) is 2.86. The minimum atomic E-state index is -0.964. The van der Waals surface area contributed by atoms with Crippen molar-refractivity contribution in [3.05, 3.63) is 87.8 Å². The van der Waals surface area contributed by atoms with E-state index in [4.69, 9.17) is 5.73 Å². The van der Waals surface area contributed by atoms with Crippen LogP contribution < -0.4 is 11.1 Å². The molecule has 186 valence electrons. The maximum Gasteiger partial charge on any atom is 0.246 e. The normalized spacial score (nSPS) is 14.2. The lowest BCUT2D eigenvalue weighted by Gasteiger charge is -2.31. The maximum absolute atomic E-state index is 14.0. The Morgan fingerprint density at radius 1 is 1.06 bits per heavy atom. The van der Waals surface area contributed by atoms with Gasteiger partial charge in [0.25, 0.3) is 0 Å². The highest BCUT2D eigenvalue weighted by atomic mass is 32.1. The number of carbonyl (C=O) groups is 3. The number of nitrogens with zero attached hydrogens (tertiary/aromatic N) is 2. The third kappa shape index (κ3) is 5.65. The average Bonchev–Trinajstić information content (AvgIpc) is 3.22. The molecule has 0 spiro atoms. The lowest BCUT2D eigenvalue weighted by molar-refractivity contribution is -0.126. The Morgan fingerprint density at radius 2 is 1.69 bits per heavy atom. The number of thiazole rings is 1. The smallest absolute Gasteiger partial charge is 0.246 e. The Balaban J connectivity index is 1.32. The van der Waals surface area contributed by atoms with E-state index >= 15 is 0 Å². The van der Waals surface area contributed by atoms with Gasteiger partial charge in [-0.2, -0.15) is 0 Å². The first kappa shape index (κ1) is 25.2. The molecule has 2 aromatic carbocycles. The molecule has 0 saturated carbocycles. The third-order valence-electron chi connectivity index (χ3n) is 5.90. The van der Waals surface area contributed by atoms with Gasteiger partial charge in [0.15, 0.2) is 10.9 Å². The van der Waals surface area contributed by atoms with E-state index in [1.54, 1.807) is 17.0 Å². The Kier molecular flexibility index (Phi) is 7.54. The Labute approximate surface area is 210 Å². The van der Waals surface area contributed by atoms with Crippen LogP contribution in [0.1, 0.15) is 44.0 Å². The molecule has 1 fully saturated rings. The van der Waals surface area contributed by atoms with Gasteiger partial charge in [-0.05, 0) is 38.0 Å². The van der Waals surface area contributed by atoms with Gasteiger partial charge in [-0.3, -0.25) is 14.4 Å². The number of carbonyl (C=O) groups excluding carboxylic acids is 3. The van der Waals surface area contributed by atoms with Gasteiger partial charge in [0, 0.05) is 30.8 Å².